The van der Waals surface area contributed by atoms with E-state index in [0.717, 1.165) is 10.2 Å². The van der Waals surface area contributed by atoms with Gasteiger partial charge in [-0.05, 0) is 37.0 Å². The molecule has 0 bridgehead atoms. The number of nitrogens with zero attached hydrogens (tertiary/aromatic N) is 1. The Morgan fingerprint density at radius 2 is 1.89 bits per heavy atom. The number of hydrogen-bond donors (Lipinski definition) is 0. The Kier molecular flexibility index (Phi) is 3.44. The van der Waals surface area contributed by atoms with E-state index in [1.165, 1.54) is 32.1 Å². The Morgan fingerprint density at radius 3 is 2.63 bits per heavy atom. The van der Waals surface area contributed by atoms with Crippen LogP contribution in [0, 0.1) is 5.92 Å². The molecular weight excluding hydrogens is 306 g/mol. The maximum Gasteiger partial charge on any atom is 0.299 e. The number of benzene rings is 1. The van der Waals surface area contributed by atoms with Gasteiger partial charge in [0.15, 0.2) is 0 Å². The van der Waals surface area contributed by atoms with Crippen molar-refractivity contribution in [1.82, 2.24) is 0 Å². The Morgan fingerprint density at radius 1 is 1.16 bits per heavy atom. The summed E-state index contributed by atoms with van der Waals surface area (Å²) in [6.07, 6.45) is 6.12. The summed E-state index contributed by atoms with van der Waals surface area (Å²) in [6, 6.07) is 5.43. The summed E-state index contributed by atoms with van der Waals surface area (Å²) in [5.74, 6) is -0.188. The first-order chi connectivity index (χ1) is 9.16. The van der Waals surface area contributed by atoms with Crippen LogP contribution in [0.4, 0.5) is 5.69 Å². The summed E-state index contributed by atoms with van der Waals surface area (Å²) in [7, 11) is 0. The lowest BCUT2D eigenvalue weighted by Crippen LogP contribution is -2.35. The molecule has 4 heteroatoms. The zero-order chi connectivity index (χ0) is 13.4. The lowest BCUT2D eigenvalue weighted by atomic mass is 9.89. The fraction of sp³-hybridized carbons (Fsp3) is 0.467. The van der Waals surface area contributed by atoms with Crippen LogP contribution in [0.15, 0.2) is 22.7 Å². The van der Waals surface area contributed by atoms with Crippen molar-refractivity contribution >= 4 is 33.3 Å². The van der Waals surface area contributed by atoms with Gasteiger partial charge in [-0.15, -0.1) is 0 Å². The van der Waals surface area contributed by atoms with E-state index in [9.17, 15) is 9.59 Å². The molecule has 1 aliphatic carbocycles. The molecule has 1 heterocycles. The van der Waals surface area contributed by atoms with Gasteiger partial charge in [-0.2, -0.15) is 0 Å². The van der Waals surface area contributed by atoms with Gasteiger partial charge < -0.3 is 4.90 Å². The smallest absolute Gasteiger partial charge is 0.299 e. The van der Waals surface area contributed by atoms with Crippen molar-refractivity contribution in [2.45, 2.75) is 32.1 Å². The molecule has 0 radical (unpaired) electrons. The van der Waals surface area contributed by atoms with Crippen LogP contribution >= 0.6 is 15.9 Å². The van der Waals surface area contributed by atoms with Crippen LogP contribution in [0.5, 0.6) is 0 Å². The van der Waals surface area contributed by atoms with Crippen LogP contribution in [0.2, 0.25) is 0 Å². The molecule has 1 aromatic rings. The Bertz CT molecular complexity index is 535. The second kappa shape index (κ2) is 5.08. The highest BCUT2D eigenvalue weighted by Crippen LogP contribution is 2.34. The van der Waals surface area contributed by atoms with Gasteiger partial charge in [0, 0.05) is 11.0 Å². The van der Waals surface area contributed by atoms with Crippen LogP contribution in [0.25, 0.3) is 0 Å². The molecular formula is C15H16BrNO2. The molecule has 0 atom stereocenters. The molecule has 3 nitrogen and oxygen atoms in total. The number of amides is 1. The standard InChI is InChI=1S/C15H16BrNO2/c16-11-6-7-12-13(8-11)17(15(19)14(12)18)9-10-4-2-1-3-5-10/h6-8,10H,1-5,9H2. The SMILES string of the molecule is O=C1C(=O)N(CC2CCCCC2)c2cc(Br)ccc21. The van der Waals surface area contributed by atoms with Crippen molar-refractivity contribution in [2.75, 3.05) is 11.4 Å². The van der Waals surface area contributed by atoms with Crippen molar-refractivity contribution in [3.8, 4) is 0 Å². The minimum absolute atomic E-state index is 0.362. The first-order valence-corrected chi connectivity index (χ1v) is 7.62. The third-order valence-corrected chi connectivity index (χ3v) is 4.59. The molecule has 19 heavy (non-hydrogen) atoms. The predicted octanol–water partition coefficient (Wildman–Crippen LogP) is 3.56. The topological polar surface area (TPSA) is 37.4 Å². The maximum atomic E-state index is 12.1. The lowest BCUT2D eigenvalue weighted by Gasteiger charge is -2.26. The highest BCUT2D eigenvalue weighted by molar-refractivity contribution is 9.10. The molecule has 0 spiro atoms. The fourth-order valence-corrected chi connectivity index (χ4v) is 3.43. The molecule has 1 saturated carbocycles. The van der Waals surface area contributed by atoms with E-state index in [1.54, 1.807) is 11.0 Å². The van der Waals surface area contributed by atoms with Crippen LogP contribution in [-0.2, 0) is 4.79 Å². The number of hydrogen-bond acceptors (Lipinski definition) is 2. The van der Waals surface area contributed by atoms with Crippen LogP contribution < -0.4 is 4.90 Å². The normalized spacial score (nSPS) is 19.9. The molecule has 0 unspecified atom stereocenters. The number of Topliss-reactive ketones (excluding diaryl/α,β-unsaturated/α-hetero) is 1. The Labute approximate surface area is 121 Å². The number of fused-ring (bicyclic) bond motifs is 1. The third-order valence-electron chi connectivity index (χ3n) is 4.10. The van der Waals surface area contributed by atoms with E-state index in [4.69, 9.17) is 0 Å². The molecule has 0 saturated heterocycles. The third kappa shape index (κ3) is 2.34. The van der Waals surface area contributed by atoms with E-state index < -0.39 is 0 Å². The number of anilines is 1. The number of ketones is 1. The monoisotopic (exact) mass is 321 g/mol. The quantitative estimate of drug-likeness (QED) is 0.781. The van der Waals surface area contributed by atoms with Crippen molar-refractivity contribution in [1.29, 1.82) is 0 Å². The summed E-state index contributed by atoms with van der Waals surface area (Å²) < 4.78 is 0.905. The van der Waals surface area contributed by atoms with Gasteiger partial charge in [-0.3, -0.25) is 9.59 Å². The first kappa shape index (κ1) is 12.9. The van der Waals surface area contributed by atoms with Gasteiger partial charge in [0.25, 0.3) is 11.7 Å². The lowest BCUT2D eigenvalue weighted by molar-refractivity contribution is -0.114. The molecule has 2 aliphatic rings. The van der Waals surface area contributed by atoms with Gasteiger partial charge in [-0.1, -0.05) is 35.2 Å². The number of halogens is 1. The molecule has 3 rings (SSSR count). The zero-order valence-corrected chi connectivity index (χ0v) is 12.3. The fourth-order valence-electron chi connectivity index (χ4n) is 3.08. The molecule has 1 aromatic carbocycles. The van der Waals surface area contributed by atoms with Gasteiger partial charge in [-0.25, -0.2) is 0 Å². The molecule has 0 aromatic heterocycles. The van der Waals surface area contributed by atoms with Crippen molar-refractivity contribution < 1.29 is 9.59 Å². The second-order valence-corrected chi connectivity index (χ2v) is 6.33. The Hall–Kier alpha value is -1.16. The molecule has 100 valence electrons. The second-order valence-electron chi connectivity index (χ2n) is 5.41. The number of rotatable bonds is 2. The van der Waals surface area contributed by atoms with E-state index >= 15 is 0 Å². The molecule has 0 N–H and O–H groups in total. The van der Waals surface area contributed by atoms with E-state index in [1.807, 2.05) is 12.1 Å². The predicted molar refractivity (Wildman–Crippen MR) is 77.4 cm³/mol. The largest absolute Gasteiger partial charge is 0.304 e. The average molecular weight is 322 g/mol. The van der Waals surface area contributed by atoms with E-state index in [2.05, 4.69) is 15.9 Å². The van der Waals surface area contributed by atoms with E-state index in [0.29, 0.717) is 18.0 Å². The first-order valence-electron chi connectivity index (χ1n) is 6.82. The summed E-state index contributed by atoms with van der Waals surface area (Å²) in [4.78, 5) is 25.7. The zero-order valence-electron chi connectivity index (χ0n) is 10.7. The van der Waals surface area contributed by atoms with Crippen molar-refractivity contribution in [3.63, 3.8) is 0 Å². The molecule has 1 aliphatic heterocycles. The number of carbonyl (C=O) groups excluding carboxylic acids is 2. The number of carbonyl (C=O) groups is 2. The summed E-state index contributed by atoms with van der Waals surface area (Å²) >= 11 is 3.41. The average Bonchev–Trinajstić information content (AvgIpc) is 2.65. The van der Waals surface area contributed by atoms with Gasteiger partial charge in [0.05, 0.1) is 11.3 Å². The van der Waals surface area contributed by atoms with Crippen LogP contribution in [0.3, 0.4) is 0 Å². The van der Waals surface area contributed by atoms with Gasteiger partial charge in [0.1, 0.15) is 0 Å². The highest BCUT2D eigenvalue weighted by Gasteiger charge is 2.36. The minimum Gasteiger partial charge on any atom is -0.304 e. The van der Waals surface area contributed by atoms with Gasteiger partial charge >= 0.3 is 0 Å². The Balaban J connectivity index is 1.87. The van der Waals surface area contributed by atoms with Crippen molar-refractivity contribution in [3.05, 3.63) is 28.2 Å². The summed E-state index contributed by atoms with van der Waals surface area (Å²) in [6.45, 7) is 0.689. The summed E-state index contributed by atoms with van der Waals surface area (Å²) in [5, 5.41) is 0. The van der Waals surface area contributed by atoms with Crippen LogP contribution in [-0.4, -0.2) is 18.2 Å². The molecule has 1 amide bonds. The molecule has 1 fully saturated rings. The van der Waals surface area contributed by atoms with Crippen LogP contribution in [0.1, 0.15) is 42.5 Å². The summed E-state index contributed by atoms with van der Waals surface area (Å²) in [5.41, 5.74) is 1.32. The highest BCUT2D eigenvalue weighted by atomic mass is 79.9. The van der Waals surface area contributed by atoms with Crippen molar-refractivity contribution in [2.24, 2.45) is 5.92 Å². The van der Waals surface area contributed by atoms with Gasteiger partial charge in [0.2, 0.25) is 0 Å². The van der Waals surface area contributed by atoms with E-state index in [-0.39, 0.29) is 11.7 Å². The minimum atomic E-state index is -0.363. The maximum absolute atomic E-state index is 12.1.